The third kappa shape index (κ3) is 2.51. The minimum Gasteiger partial charge on any atom is -0.334 e. The van der Waals surface area contributed by atoms with Gasteiger partial charge in [0.05, 0.1) is 24.7 Å². The number of likely N-dealkylation sites (tertiary alicyclic amines) is 1. The molecule has 2 atom stereocenters. The Morgan fingerprint density at radius 2 is 2.24 bits per heavy atom. The number of carbonyl (C=O) groups is 2. The monoisotopic (exact) mass is 291 g/mol. The molecule has 0 aromatic carbocycles. The molecule has 112 valence electrons. The van der Waals surface area contributed by atoms with Crippen molar-refractivity contribution in [3.05, 3.63) is 12.4 Å². The topological polar surface area (TPSA) is 95.7 Å². The second kappa shape index (κ2) is 5.24. The van der Waals surface area contributed by atoms with Crippen molar-refractivity contribution in [2.24, 2.45) is 5.10 Å². The Morgan fingerprint density at radius 3 is 2.81 bits per heavy atom. The zero-order valence-electron chi connectivity index (χ0n) is 11.9. The molecule has 0 aliphatic carbocycles. The molecular weight excluding hydrogens is 274 g/mol. The summed E-state index contributed by atoms with van der Waals surface area (Å²) in [5.74, 6) is -0.433. The van der Waals surface area contributed by atoms with Gasteiger partial charge in [-0.25, -0.2) is 10.1 Å². The van der Waals surface area contributed by atoms with Crippen molar-refractivity contribution in [3.63, 3.8) is 0 Å². The normalized spacial score (nSPS) is 25.4. The molecule has 0 spiro atoms. The lowest BCUT2D eigenvalue weighted by atomic mass is 10.1. The predicted octanol–water partition coefficient (Wildman–Crippen LogP) is -1.53. The Kier molecular flexibility index (Phi) is 3.42. The first-order chi connectivity index (χ1) is 10.1. The molecule has 1 N–H and O–H groups in total. The highest BCUT2D eigenvalue weighted by atomic mass is 16.2. The molecule has 0 saturated carbocycles. The standard InChI is InChI=1S/C12H17N7O2/c1-17(2)9-6-18(7-10(9)19-4-3-13-16-19)12(21)8-5-11(20)15-14-8/h3-4,9-10H,5-7H2,1-2H3,(H,15,20)/t9-,10+/m1/s1. The molecule has 0 radical (unpaired) electrons. The van der Waals surface area contributed by atoms with Gasteiger partial charge in [-0.1, -0.05) is 5.21 Å². The summed E-state index contributed by atoms with van der Waals surface area (Å²) in [5.41, 5.74) is 2.59. The summed E-state index contributed by atoms with van der Waals surface area (Å²) in [5, 5.41) is 11.7. The van der Waals surface area contributed by atoms with Gasteiger partial charge in [-0.2, -0.15) is 5.10 Å². The SMILES string of the molecule is CN(C)[C@@H]1CN(C(=O)C2=NNC(=O)C2)C[C@@H]1n1ccnn1. The van der Waals surface area contributed by atoms with Crippen LogP contribution in [-0.4, -0.2) is 75.5 Å². The number of nitrogens with zero attached hydrogens (tertiary/aromatic N) is 6. The number of carbonyl (C=O) groups excluding carboxylic acids is 2. The highest BCUT2D eigenvalue weighted by Crippen LogP contribution is 2.25. The Bertz CT molecular complexity index is 580. The van der Waals surface area contributed by atoms with Gasteiger partial charge < -0.3 is 9.80 Å². The van der Waals surface area contributed by atoms with E-state index in [1.54, 1.807) is 22.0 Å². The van der Waals surface area contributed by atoms with E-state index in [1.807, 2.05) is 14.1 Å². The van der Waals surface area contributed by atoms with Crippen molar-refractivity contribution in [1.82, 2.24) is 30.2 Å². The summed E-state index contributed by atoms with van der Waals surface area (Å²) in [6.07, 6.45) is 3.48. The van der Waals surface area contributed by atoms with Gasteiger partial charge in [-0.3, -0.25) is 9.59 Å². The van der Waals surface area contributed by atoms with Crippen LogP contribution in [0.3, 0.4) is 0 Å². The lowest BCUT2D eigenvalue weighted by molar-refractivity contribution is -0.124. The van der Waals surface area contributed by atoms with Crippen LogP contribution in [0.1, 0.15) is 12.5 Å². The highest BCUT2D eigenvalue weighted by molar-refractivity contribution is 6.43. The summed E-state index contributed by atoms with van der Waals surface area (Å²) in [7, 11) is 3.95. The summed E-state index contributed by atoms with van der Waals surface area (Å²) in [6.45, 7) is 1.10. The van der Waals surface area contributed by atoms with Crippen LogP contribution in [0, 0.1) is 0 Å². The van der Waals surface area contributed by atoms with E-state index in [9.17, 15) is 9.59 Å². The fourth-order valence-electron chi connectivity index (χ4n) is 2.76. The number of hydrazone groups is 1. The van der Waals surface area contributed by atoms with Crippen molar-refractivity contribution in [3.8, 4) is 0 Å². The molecule has 3 rings (SSSR count). The van der Waals surface area contributed by atoms with E-state index in [1.165, 1.54) is 0 Å². The van der Waals surface area contributed by atoms with Gasteiger partial charge in [0.2, 0.25) is 5.91 Å². The van der Waals surface area contributed by atoms with Gasteiger partial charge >= 0.3 is 0 Å². The number of hydrogen-bond donors (Lipinski definition) is 1. The van der Waals surface area contributed by atoms with E-state index in [4.69, 9.17) is 0 Å². The average Bonchev–Trinajstić information content (AvgIpc) is 3.17. The largest absolute Gasteiger partial charge is 0.334 e. The number of nitrogens with one attached hydrogen (secondary N) is 1. The molecule has 1 aromatic heterocycles. The number of likely N-dealkylation sites (N-methyl/N-ethyl adjacent to an activating group) is 1. The van der Waals surface area contributed by atoms with Crippen LogP contribution in [-0.2, 0) is 9.59 Å². The quantitative estimate of drug-likeness (QED) is 0.729. The minimum absolute atomic E-state index is 0.0390. The fraction of sp³-hybridized carbons (Fsp3) is 0.583. The van der Waals surface area contributed by atoms with E-state index in [0.29, 0.717) is 13.1 Å². The van der Waals surface area contributed by atoms with E-state index < -0.39 is 0 Å². The molecular formula is C12H17N7O2. The molecule has 0 bridgehead atoms. The van der Waals surface area contributed by atoms with Gasteiger partial charge in [0.1, 0.15) is 5.71 Å². The second-order valence-electron chi connectivity index (χ2n) is 5.46. The first kappa shape index (κ1) is 13.7. The van der Waals surface area contributed by atoms with Crippen molar-refractivity contribution >= 4 is 17.5 Å². The van der Waals surface area contributed by atoms with Gasteiger partial charge in [0.25, 0.3) is 5.91 Å². The Balaban J connectivity index is 1.77. The molecule has 1 fully saturated rings. The van der Waals surface area contributed by atoms with Crippen LogP contribution < -0.4 is 5.43 Å². The van der Waals surface area contributed by atoms with Gasteiger partial charge in [-0.15, -0.1) is 5.10 Å². The molecule has 21 heavy (non-hydrogen) atoms. The molecule has 2 aliphatic rings. The molecule has 0 unspecified atom stereocenters. The fourth-order valence-corrected chi connectivity index (χ4v) is 2.76. The summed E-state index contributed by atoms with van der Waals surface area (Å²) < 4.78 is 1.78. The van der Waals surface area contributed by atoms with E-state index >= 15 is 0 Å². The van der Waals surface area contributed by atoms with Gasteiger partial charge in [-0.05, 0) is 14.1 Å². The number of rotatable bonds is 3. The Labute approximate surface area is 121 Å². The van der Waals surface area contributed by atoms with Crippen molar-refractivity contribution in [1.29, 1.82) is 0 Å². The van der Waals surface area contributed by atoms with Crippen LogP contribution in [0.5, 0.6) is 0 Å². The van der Waals surface area contributed by atoms with Crippen molar-refractivity contribution in [2.75, 3.05) is 27.2 Å². The third-order valence-corrected chi connectivity index (χ3v) is 3.88. The van der Waals surface area contributed by atoms with Crippen molar-refractivity contribution in [2.45, 2.75) is 18.5 Å². The van der Waals surface area contributed by atoms with Crippen molar-refractivity contribution < 1.29 is 9.59 Å². The van der Waals surface area contributed by atoms with Gasteiger partial charge in [0, 0.05) is 19.3 Å². The van der Waals surface area contributed by atoms with Crippen LogP contribution in [0.2, 0.25) is 0 Å². The van der Waals surface area contributed by atoms with Crippen LogP contribution >= 0.6 is 0 Å². The van der Waals surface area contributed by atoms with E-state index in [0.717, 1.165) is 0 Å². The molecule has 1 aromatic rings. The number of amides is 2. The third-order valence-electron chi connectivity index (χ3n) is 3.88. The van der Waals surface area contributed by atoms with Gasteiger partial charge in [0.15, 0.2) is 0 Å². The maximum atomic E-state index is 12.4. The molecule has 9 heteroatoms. The Morgan fingerprint density at radius 1 is 1.43 bits per heavy atom. The Hall–Kier alpha value is -2.29. The summed E-state index contributed by atoms with van der Waals surface area (Å²) in [6, 6.07) is 0.179. The number of hydrogen-bond acceptors (Lipinski definition) is 6. The first-order valence-electron chi connectivity index (χ1n) is 6.73. The number of aromatic nitrogens is 3. The van der Waals surface area contributed by atoms with Crippen LogP contribution in [0.25, 0.3) is 0 Å². The lowest BCUT2D eigenvalue weighted by Gasteiger charge is -2.24. The van der Waals surface area contributed by atoms with Crippen LogP contribution in [0.15, 0.2) is 17.5 Å². The summed E-state index contributed by atoms with van der Waals surface area (Å²) >= 11 is 0. The summed E-state index contributed by atoms with van der Waals surface area (Å²) in [4.78, 5) is 27.4. The van der Waals surface area contributed by atoms with Crippen LogP contribution in [0.4, 0.5) is 0 Å². The maximum absolute atomic E-state index is 12.4. The predicted molar refractivity (Wildman–Crippen MR) is 73.3 cm³/mol. The smallest absolute Gasteiger partial charge is 0.270 e. The molecule has 2 aliphatic heterocycles. The van der Waals surface area contributed by atoms with E-state index in [-0.39, 0.29) is 36.0 Å². The molecule has 2 amide bonds. The molecule has 3 heterocycles. The minimum atomic E-state index is -0.241. The first-order valence-corrected chi connectivity index (χ1v) is 6.73. The lowest BCUT2D eigenvalue weighted by Crippen LogP contribution is -2.38. The second-order valence-corrected chi connectivity index (χ2v) is 5.46. The zero-order chi connectivity index (χ0) is 15.0. The van der Waals surface area contributed by atoms with E-state index in [2.05, 4.69) is 25.7 Å². The average molecular weight is 291 g/mol. The zero-order valence-corrected chi connectivity index (χ0v) is 11.9. The molecule has 1 saturated heterocycles. The molecule has 9 nitrogen and oxygen atoms in total. The maximum Gasteiger partial charge on any atom is 0.270 e. The highest BCUT2D eigenvalue weighted by Gasteiger charge is 2.40.